The molecular formula is C19H22N4O2. The Morgan fingerprint density at radius 3 is 2.56 bits per heavy atom. The molecule has 0 aliphatic carbocycles. The van der Waals surface area contributed by atoms with Crippen LogP contribution in [0.25, 0.3) is 0 Å². The minimum atomic E-state index is -0.180. The predicted octanol–water partition coefficient (Wildman–Crippen LogP) is 1.60. The van der Waals surface area contributed by atoms with Crippen molar-refractivity contribution in [2.75, 3.05) is 31.1 Å². The molecule has 1 saturated heterocycles. The fourth-order valence-corrected chi connectivity index (χ4v) is 2.87. The third-order valence-electron chi connectivity index (χ3n) is 4.51. The summed E-state index contributed by atoms with van der Waals surface area (Å²) in [6, 6.07) is 11.6. The molecule has 1 aromatic heterocycles. The van der Waals surface area contributed by atoms with Gasteiger partial charge in [0.2, 0.25) is 6.41 Å². The van der Waals surface area contributed by atoms with E-state index >= 15 is 0 Å². The number of carbonyl (C=O) groups excluding carboxylic acids is 2. The van der Waals surface area contributed by atoms with Crippen LogP contribution in [0.1, 0.15) is 21.6 Å². The maximum atomic E-state index is 12.3. The summed E-state index contributed by atoms with van der Waals surface area (Å²) in [5.41, 5.74) is 3.63. The Labute approximate surface area is 147 Å². The Balaban J connectivity index is 1.57. The van der Waals surface area contributed by atoms with Crippen LogP contribution in [0.15, 0.2) is 42.6 Å². The second-order valence-electron chi connectivity index (χ2n) is 6.14. The Kier molecular flexibility index (Phi) is 5.28. The number of aromatic nitrogens is 1. The van der Waals surface area contributed by atoms with Crippen LogP contribution in [-0.2, 0) is 11.3 Å². The van der Waals surface area contributed by atoms with Gasteiger partial charge in [0.15, 0.2) is 0 Å². The normalized spacial score (nSPS) is 14.3. The zero-order valence-electron chi connectivity index (χ0n) is 14.3. The van der Waals surface area contributed by atoms with Crippen molar-refractivity contribution in [3.8, 4) is 0 Å². The van der Waals surface area contributed by atoms with Gasteiger partial charge in [0.05, 0.1) is 11.9 Å². The highest BCUT2D eigenvalue weighted by atomic mass is 16.2. The van der Waals surface area contributed by atoms with Crippen molar-refractivity contribution in [3.63, 3.8) is 0 Å². The molecule has 130 valence electrons. The maximum Gasteiger partial charge on any atom is 0.270 e. The van der Waals surface area contributed by atoms with E-state index in [0.717, 1.165) is 36.3 Å². The van der Waals surface area contributed by atoms with Crippen LogP contribution in [0, 0.1) is 6.92 Å². The molecule has 3 rings (SSSR count). The molecule has 1 aromatic carbocycles. The molecule has 6 nitrogen and oxygen atoms in total. The molecule has 6 heteroatoms. The Morgan fingerprint density at radius 1 is 1.16 bits per heavy atom. The van der Waals surface area contributed by atoms with Crippen molar-refractivity contribution in [3.05, 3.63) is 59.4 Å². The number of hydrogen-bond donors (Lipinski definition) is 1. The quantitative estimate of drug-likeness (QED) is 0.841. The first-order valence-electron chi connectivity index (χ1n) is 8.40. The summed E-state index contributed by atoms with van der Waals surface area (Å²) < 4.78 is 0. The van der Waals surface area contributed by atoms with Gasteiger partial charge in [0.25, 0.3) is 5.91 Å². The monoisotopic (exact) mass is 338 g/mol. The molecule has 1 fully saturated rings. The summed E-state index contributed by atoms with van der Waals surface area (Å²) in [7, 11) is 0. The molecule has 0 bridgehead atoms. The van der Waals surface area contributed by atoms with Gasteiger partial charge in [-0.25, -0.2) is 4.98 Å². The van der Waals surface area contributed by atoms with Crippen LogP contribution in [0.5, 0.6) is 0 Å². The van der Waals surface area contributed by atoms with Gasteiger partial charge < -0.3 is 15.1 Å². The van der Waals surface area contributed by atoms with Crippen molar-refractivity contribution in [1.82, 2.24) is 15.2 Å². The molecule has 2 aromatic rings. The lowest BCUT2D eigenvalue weighted by Gasteiger charge is -2.33. The number of hydrogen-bond acceptors (Lipinski definition) is 4. The number of piperazine rings is 1. The molecule has 1 aliphatic rings. The minimum Gasteiger partial charge on any atom is -0.367 e. The van der Waals surface area contributed by atoms with Gasteiger partial charge >= 0.3 is 0 Å². The highest BCUT2D eigenvalue weighted by Gasteiger charge is 2.16. The van der Waals surface area contributed by atoms with Gasteiger partial charge in [-0.2, -0.15) is 0 Å². The van der Waals surface area contributed by atoms with Crippen LogP contribution in [0.3, 0.4) is 0 Å². The summed E-state index contributed by atoms with van der Waals surface area (Å²) in [4.78, 5) is 31.2. The highest BCUT2D eigenvalue weighted by Crippen LogP contribution is 2.15. The fourth-order valence-electron chi connectivity index (χ4n) is 2.87. The van der Waals surface area contributed by atoms with E-state index in [4.69, 9.17) is 0 Å². The second-order valence-corrected chi connectivity index (χ2v) is 6.14. The maximum absolute atomic E-state index is 12.3. The van der Waals surface area contributed by atoms with E-state index in [0.29, 0.717) is 25.3 Å². The minimum absolute atomic E-state index is 0.180. The topological polar surface area (TPSA) is 65.5 Å². The number of aryl methyl sites for hydroxylation is 1. The second kappa shape index (κ2) is 7.79. The van der Waals surface area contributed by atoms with Gasteiger partial charge in [-0.1, -0.05) is 24.3 Å². The van der Waals surface area contributed by atoms with E-state index in [2.05, 4.69) is 15.2 Å². The average Bonchev–Trinajstić information content (AvgIpc) is 2.67. The number of amides is 2. The number of benzene rings is 1. The van der Waals surface area contributed by atoms with Gasteiger partial charge in [0, 0.05) is 32.7 Å². The first-order chi connectivity index (χ1) is 12.2. The zero-order chi connectivity index (χ0) is 17.6. The number of anilines is 1. The van der Waals surface area contributed by atoms with Crippen molar-refractivity contribution in [2.24, 2.45) is 0 Å². The molecule has 2 amide bonds. The molecule has 0 unspecified atom stereocenters. The van der Waals surface area contributed by atoms with Crippen LogP contribution in [0.2, 0.25) is 0 Å². The summed E-state index contributed by atoms with van der Waals surface area (Å²) in [5, 5.41) is 2.91. The van der Waals surface area contributed by atoms with Crippen molar-refractivity contribution >= 4 is 18.0 Å². The van der Waals surface area contributed by atoms with E-state index in [1.165, 1.54) is 0 Å². The van der Waals surface area contributed by atoms with Crippen LogP contribution in [-0.4, -0.2) is 48.4 Å². The molecule has 0 radical (unpaired) electrons. The van der Waals surface area contributed by atoms with Gasteiger partial charge in [-0.3, -0.25) is 9.59 Å². The van der Waals surface area contributed by atoms with Gasteiger partial charge in [0.1, 0.15) is 5.69 Å². The molecule has 2 heterocycles. The highest BCUT2D eigenvalue weighted by molar-refractivity contribution is 5.92. The number of carbonyl (C=O) groups is 2. The van der Waals surface area contributed by atoms with Crippen LogP contribution < -0.4 is 10.2 Å². The zero-order valence-corrected chi connectivity index (χ0v) is 14.3. The largest absolute Gasteiger partial charge is 0.367 e. The molecule has 1 aliphatic heterocycles. The predicted molar refractivity (Wildman–Crippen MR) is 96.4 cm³/mol. The first kappa shape index (κ1) is 17.0. The summed E-state index contributed by atoms with van der Waals surface area (Å²) in [6.07, 6.45) is 2.61. The smallest absolute Gasteiger partial charge is 0.270 e. The number of nitrogens with one attached hydrogen (secondary N) is 1. The molecule has 1 N–H and O–H groups in total. The van der Waals surface area contributed by atoms with E-state index < -0.39 is 0 Å². The Morgan fingerprint density at radius 2 is 1.92 bits per heavy atom. The van der Waals surface area contributed by atoms with E-state index in [9.17, 15) is 9.59 Å². The number of rotatable bonds is 5. The average molecular weight is 338 g/mol. The third-order valence-corrected chi connectivity index (χ3v) is 4.51. The first-order valence-corrected chi connectivity index (χ1v) is 8.40. The van der Waals surface area contributed by atoms with E-state index in [1.54, 1.807) is 17.2 Å². The summed E-state index contributed by atoms with van der Waals surface area (Å²) in [5.74, 6) is -0.180. The lowest BCUT2D eigenvalue weighted by Crippen LogP contribution is -2.45. The van der Waals surface area contributed by atoms with Crippen LogP contribution in [0.4, 0.5) is 5.69 Å². The van der Waals surface area contributed by atoms with Crippen molar-refractivity contribution in [2.45, 2.75) is 13.5 Å². The molecule has 0 saturated carbocycles. The Hall–Kier alpha value is -2.89. The standard InChI is InChI=1S/C19H22N4O2/c1-15-4-2-3-5-16(15)12-21-19(25)18-7-6-17(13-20-18)23-10-8-22(14-24)9-11-23/h2-7,13-14H,8-12H2,1H3,(H,21,25). The number of nitrogens with zero attached hydrogens (tertiary/aromatic N) is 3. The fraction of sp³-hybridized carbons (Fsp3) is 0.316. The SMILES string of the molecule is Cc1ccccc1CNC(=O)c1ccc(N2CCN(C=O)CC2)cn1. The lowest BCUT2D eigenvalue weighted by atomic mass is 10.1. The summed E-state index contributed by atoms with van der Waals surface area (Å²) >= 11 is 0. The van der Waals surface area contributed by atoms with E-state index in [-0.39, 0.29) is 5.91 Å². The van der Waals surface area contributed by atoms with Crippen molar-refractivity contribution < 1.29 is 9.59 Å². The van der Waals surface area contributed by atoms with Crippen LogP contribution >= 0.6 is 0 Å². The van der Waals surface area contributed by atoms with Crippen molar-refractivity contribution in [1.29, 1.82) is 0 Å². The molecule has 0 spiro atoms. The van der Waals surface area contributed by atoms with E-state index in [1.807, 2.05) is 37.3 Å². The number of pyridine rings is 1. The molecule has 25 heavy (non-hydrogen) atoms. The third kappa shape index (κ3) is 4.15. The lowest BCUT2D eigenvalue weighted by molar-refractivity contribution is -0.118. The van der Waals surface area contributed by atoms with Gasteiger partial charge in [-0.15, -0.1) is 0 Å². The molecule has 0 atom stereocenters. The van der Waals surface area contributed by atoms with Gasteiger partial charge in [-0.05, 0) is 30.2 Å². The summed E-state index contributed by atoms with van der Waals surface area (Å²) in [6.45, 7) is 5.49. The molecular weight excluding hydrogens is 316 g/mol. The Bertz CT molecular complexity index is 737.